The van der Waals surface area contributed by atoms with Crippen molar-refractivity contribution >= 4 is 11.8 Å². The molecule has 0 aliphatic heterocycles. The number of hydrogen-bond acceptors (Lipinski definition) is 5. The second-order valence-corrected chi connectivity index (χ2v) is 4.68. The van der Waals surface area contributed by atoms with Gasteiger partial charge in [-0.1, -0.05) is 6.42 Å². The monoisotopic (exact) mass is 251 g/mol. The molecule has 0 amide bonds. The zero-order valence-electron chi connectivity index (χ0n) is 10.0. The lowest BCUT2D eigenvalue weighted by Crippen LogP contribution is -2.25. The van der Waals surface area contributed by atoms with Crippen LogP contribution in [-0.2, 0) is 0 Å². The van der Waals surface area contributed by atoms with Crippen molar-refractivity contribution in [2.45, 2.75) is 31.8 Å². The lowest BCUT2D eigenvalue weighted by Gasteiger charge is -2.25. The molecule has 2 rings (SSSR count). The Morgan fingerprint density at radius 2 is 2.22 bits per heavy atom. The Balaban J connectivity index is 1.84. The Morgan fingerprint density at radius 1 is 1.39 bits per heavy atom. The van der Waals surface area contributed by atoms with Crippen LogP contribution in [0.3, 0.4) is 0 Å². The van der Waals surface area contributed by atoms with Crippen molar-refractivity contribution in [3.8, 4) is 0 Å². The molecule has 1 aliphatic rings. The summed E-state index contributed by atoms with van der Waals surface area (Å²) in [6.07, 6.45) is 3.67. The van der Waals surface area contributed by atoms with E-state index in [1.165, 1.54) is 6.07 Å². The van der Waals surface area contributed by atoms with Crippen LogP contribution in [0.15, 0.2) is 12.1 Å². The van der Waals surface area contributed by atoms with Crippen LogP contribution in [0.1, 0.15) is 36.2 Å². The Kier molecular flexibility index (Phi) is 4.09. The van der Waals surface area contributed by atoms with Gasteiger partial charge in [-0.05, 0) is 37.3 Å². The van der Waals surface area contributed by atoms with Crippen molar-refractivity contribution in [3.63, 3.8) is 0 Å². The number of rotatable bonds is 4. The van der Waals surface area contributed by atoms with Gasteiger partial charge in [0.15, 0.2) is 5.69 Å². The second kappa shape index (κ2) is 5.77. The minimum absolute atomic E-state index is 0.0614. The lowest BCUT2D eigenvalue weighted by molar-refractivity contribution is 0.0689. The number of carboxylic acid groups (broad SMARTS) is 1. The molecule has 1 aromatic rings. The third-order valence-electron chi connectivity index (χ3n) is 3.21. The van der Waals surface area contributed by atoms with Gasteiger partial charge in [-0.15, -0.1) is 10.2 Å². The molecule has 0 spiro atoms. The first-order chi connectivity index (χ1) is 8.65. The Labute approximate surface area is 105 Å². The third kappa shape index (κ3) is 3.40. The average molecular weight is 251 g/mol. The minimum Gasteiger partial charge on any atom is -0.476 e. The highest BCUT2D eigenvalue weighted by atomic mass is 16.4. The molecule has 0 radical (unpaired) electrons. The first kappa shape index (κ1) is 12.8. The predicted molar refractivity (Wildman–Crippen MR) is 65.4 cm³/mol. The molecule has 1 aromatic heterocycles. The fourth-order valence-corrected chi connectivity index (χ4v) is 2.24. The summed E-state index contributed by atoms with van der Waals surface area (Å²) in [6, 6.07) is 3.03. The summed E-state index contributed by atoms with van der Waals surface area (Å²) in [6.45, 7) is 0.734. The van der Waals surface area contributed by atoms with Crippen LogP contribution < -0.4 is 5.32 Å². The number of aliphatic hydroxyl groups is 1. The van der Waals surface area contributed by atoms with Crippen molar-refractivity contribution in [2.24, 2.45) is 5.92 Å². The van der Waals surface area contributed by atoms with Crippen LogP contribution in [0.2, 0.25) is 0 Å². The van der Waals surface area contributed by atoms with E-state index in [1.807, 2.05) is 0 Å². The SMILES string of the molecule is O=C(O)c1ccc(NCC2CCCC(O)C2)nn1. The van der Waals surface area contributed by atoms with Crippen molar-refractivity contribution in [1.29, 1.82) is 0 Å². The smallest absolute Gasteiger partial charge is 0.356 e. The molecule has 2 unspecified atom stereocenters. The van der Waals surface area contributed by atoms with Gasteiger partial charge in [-0.2, -0.15) is 0 Å². The van der Waals surface area contributed by atoms with Gasteiger partial charge in [0.1, 0.15) is 5.82 Å². The fourth-order valence-electron chi connectivity index (χ4n) is 2.24. The summed E-state index contributed by atoms with van der Waals surface area (Å²) < 4.78 is 0. The molecule has 6 heteroatoms. The summed E-state index contributed by atoms with van der Waals surface area (Å²) in [5.41, 5.74) is -0.0614. The van der Waals surface area contributed by atoms with E-state index in [2.05, 4.69) is 15.5 Å². The summed E-state index contributed by atoms with van der Waals surface area (Å²) in [4.78, 5) is 10.6. The number of aliphatic hydroxyl groups excluding tert-OH is 1. The van der Waals surface area contributed by atoms with Gasteiger partial charge in [0.05, 0.1) is 6.10 Å². The highest BCUT2D eigenvalue weighted by Gasteiger charge is 2.19. The van der Waals surface area contributed by atoms with Gasteiger partial charge in [-0.3, -0.25) is 0 Å². The Bertz CT molecular complexity index is 408. The summed E-state index contributed by atoms with van der Waals surface area (Å²) in [7, 11) is 0. The van der Waals surface area contributed by atoms with Gasteiger partial charge < -0.3 is 15.5 Å². The van der Waals surface area contributed by atoms with E-state index in [0.29, 0.717) is 11.7 Å². The highest BCUT2D eigenvalue weighted by Crippen LogP contribution is 2.24. The van der Waals surface area contributed by atoms with Gasteiger partial charge in [0.25, 0.3) is 0 Å². The largest absolute Gasteiger partial charge is 0.476 e. The van der Waals surface area contributed by atoms with E-state index in [-0.39, 0.29) is 11.8 Å². The van der Waals surface area contributed by atoms with E-state index < -0.39 is 5.97 Å². The van der Waals surface area contributed by atoms with Crippen LogP contribution in [0.5, 0.6) is 0 Å². The maximum atomic E-state index is 10.6. The number of aromatic carboxylic acids is 1. The van der Waals surface area contributed by atoms with Crippen LogP contribution >= 0.6 is 0 Å². The van der Waals surface area contributed by atoms with Gasteiger partial charge in [0, 0.05) is 6.54 Å². The van der Waals surface area contributed by atoms with Crippen molar-refractivity contribution < 1.29 is 15.0 Å². The van der Waals surface area contributed by atoms with E-state index in [9.17, 15) is 9.90 Å². The zero-order chi connectivity index (χ0) is 13.0. The molecule has 1 aliphatic carbocycles. The molecule has 0 saturated heterocycles. The quantitative estimate of drug-likeness (QED) is 0.742. The zero-order valence-corrected chi connectivity index (χ0v) is 10.0. The summed E-state index contributed by atoms with van der Waals surface area (Å²) >= 11 is 0. The maximum absolute atomic E-state index is 10.6. The molecular weight excluding hydrogens is 234 g/mol. The van der Waals surface area contributed by atoms with E-state index in [0.717, 1.165) is 32.2 Å². The van der Waals surface area contributed by atoms with Gasteiger partial charge >= 0.3 is 5.97 Å². The lowest BCUT2D eigenvalue weighted by atomic mass is 9.87. The normalized spacial score (nSPS) is 23.6. The number of carboxylic acids is 1. The van der Waals surface area contributed by atoms with Crippen LogP contribution in [0.25, 0.3) is 0 Å². The topological polar surface area (TPSA) is 95.3 Å². The molecule has 98 valence electrons. The van der Waals surface area contributed by atoms with Crippen molar-refractivity contribution in [1.82, 2.24) is 10.2 Å². The summed E-state index contributed by atoms with van der Waals surface area (Å²) in [5.74, 6) is -0.0702. The van der Waals surface area contributed by atoms with Crippen molar-refractivity contribution in [2.75, 3.05) is 11.9 Å². The van der Waals surface area contributed by atoms with E-state index in [4.69, 9.17) is 5.11 Å². The molecule has 1 fully saturated rings. The fraction of sp³-hybridized carbons (Fsp3) is 0.583. The number of nitrogens with zero attached hydrogens (tertiary/aromatic N) is 2. The van der Waals surface area contributed by atoms with Crippen LogP contribution in [0, 0.1) is 5.92 Å². The molecule has 18 heavy (non-hydrogen) atoms. The predicted octanol–water partition coefficient (Wildman–Crippen LogP) is 1.14. The molecule has 0 bridgehead atoms. The van der Waals surface area contributed by atoms with Gasteiger partial charge in [0.2, 0.25) is 0 Å². The van der Waals surface area contributed by atoms with E-state index in [1.54, 1.807) is 6.07 Å². The number of hydrogen-bond donors (Lipinski definition) is 3. The third-order valence-corrected chi connectivity index (χ3v) is 3.21. The molecule has 1 saturated carbocycles. The average Bonchev–Trinajstić information content (AvgIpc) is 2.37. The number of aromatic nitrogens is 2. The second-order valence-electron chi connectivity index (χ2n) is 4.68. The molecule has 2 atom stereocenters. The number of nitrogens with one attached hydrogen (secondary N) is 1. The van der Waals surface area contributed by atoms with E-state index >= 15 is 0 Å². The Hall–Kier alpha value is -1.69. The first-order valence-electron chi connectivity index (χ1n) is 6.14. The molecule has 3 N–H and O–H groups in total. The maximum Gasteiger partial charge on any atom is 0.356 e. The molecular formula is C12H17N3O3. The van der Waals surface area contributed by atoms with Crippen LogP contribution in [-0.4, -0.2) is 39.0 Å². The highest BCUT2D eigenvalue weighted by molar-refractivity contribution is 5.85. The summed E-state index contributed by atoms with van der Waals surface area (Å²) in [5, 5.41) is 28.8. The Morgan fingerprint density at radius 3 is 2.83 bits per heavy atom. The molecule has 0 aromatic carbocycles. The molecule has 6 nitrogen and oxygen atoms in total. The molecule has 1 heterocycles. The van der Waals surface area contributed by atoms with Gasteiger partial charge in [-0.25, -0.2) is 4.79 Å². The first-order valence-corrected chi connectivity index (χ1v) is 6.14. The number of carbonyl (C=O) groups is 1. The van der Waals surface area contributed by atoms with Crippen molar-refractivity contribution in [3.05, 3.63) is 17.8 Å². The standard InChI is InChI=1S/C12H17N3O3/c16-9-3-1-2-8(6-9)7-13-11-5-4-10(12(17)18)14-15-11/h4-5,8-9,16H,1-3,6-7H2,(H,13,15)(H,17,18). The number of anilines is 1. The minimum atomic E-state index is -1.08. The van der Waals surface area contributed by atoms with Crippen LogP contribution in [0.4, 0.5) is 5.82 Å².